The van der Waals surface area contributed by atoms with Gasteiger partial charge in [-0.3, -0.25) is 4.79 Å². The molecular weight excluding hydrogens is 364 g/mol. The van der Waals surface area contributed by atoms with Crippen LogP contribution in [0.2, 0.25) is 0 Å². The van der Waals surface area contributed by atoms with E-state index in [4.69, 9.17) is 0 Å². The van der Waals surface area contributed by atoms with Gasteiger partial charge in [0.15, 0.2) is 5.78 Å². The summed E-state index contributed by atoms with van der Waals surface area (Å²) in [6, 6.07) is 10.9. The first-order valence-corrected chi connectivity index (χ1v) is 10.2. The summed E-state index contributed by atoms with van der Waals surface area (Å²) in [6.45, 7) is 9.66. The molecule has 0 amide bonds. The summed E-state index contributed by atoms with van der Waals surface area (Å²) in [5.74, 6) is -0.224. The van der Waals surface area contributed by atoms with Gasteiger partial charge < -0.3 is 15.3 Å². The van der Waals surface area contributed by atoms with Crippen LogP contribution in [0.5, 0.6) is 0 Å². The first kappa shape index (κ1) is 20.0. The van der Waals surface area contributed by atoms with Crippen molar-refractivity contribution >= 4 is 5.78 Å². The average Bonchev–Trinajstić information content (AvgIpc) is 2.98. The molecule has 29 heavy (non-hydrogen) atoms. The Balaban J connectivity index is 1.70. The van der Waals surface area contributed by atoms with Gasteiger partial charge >= 0.3 is 0 Å². The summed E-state index contributed by atoms with van der Waals surface area (Å²) in [7, 11) is 0. The van der Waals surface area contributed by atoms with E-state index in [2.05, 4.69) is 6.58 Å². The number of allylic oxidation sites excluding steroid dienone is 1. The Kier molecular flexibility index (Phi) is 4.97. The summed E-state index contributed by atoms with van der Waals surface area (Å²) >= 11 is 0. The second-order valence-electron chi connectivity index (χ2n) is 8.66. The number of Topliss-reactive ketones (excluding diaryl/α,β-unsaturated/α-hetero) is 1. The highest BCUT2D eigenvalue weighted by molar-refractivity contribution is 6.04. The van der Waals surface area contributed by atoms with E-state index >= 15 is 0 Å². The molecule has 0 saturated carbocycles. The van der Waals surface area contributed by atoms with Crippen molar-refractivity contribution in [1.29, 1.82) is 0 Å². The van der Waals surface area contributed by atoms with Crippen LogP contribution in [0.15, 0.2) is 49.1 Å². The molecule has 0 aromatic heterocycles. The molecule has 4 nitrogen and oxygen atoms in total. The molecular formula is C25H28O4. The zero-order chi connectivity index (χ0) is 21.0. The minimum atomic E-state index is -0.880. The molecule has 152 valence electrons. The van der Waals surface area contributed by atoms with Gasteiger partial charge in [0.1, 0.15) is 6.10 Å². The number of hydrogen-bond donors (Lipinski definition) is 3. The first-order chi connectivity index (χ1) is 13.8. The zero-order valence-electron chi connectivity index (χ0n) is 17.0. The molecule has 0 spiro atoms. The van der Waals surface area contributed by atoms with Gasteiger partial charge in [-0.25, -0.2) is 0 Å². The molecule has 4 heteroatoms. The normalized spacial score (nSPS) is 31.9. The van der Waals surface area contributed by atoms with E-state index in [-0.39, 0.29) is 29.5 Å². The Morgan fingerprint density at radius 3 is 2.07 bits per heavy atom. The second-order valence-corrected chi connectivity index (χ2v) is 8.66. The van der Waals surface area contributed by atoms with Crippen LogP contribution in [0.25, 0.3) is 0 Å². The fraction of sp³-hybridized carbons (Fsp3) is 0.400. The number of rotatable bonds is 3. The van der Waals surface area contributed by atoms with Crippen LogP contribution in [-0.4, -0.2) is 21.1 Å². The van der Waals surface area contributed by atoms with Gasteiger partial charge in [-0.1, -0.05) is 57.2 Å². The van der Waals surface area contributed by atoms with Crippen LogP contribution in [0.4, 0.5) is 0 Å². The predicted octanol–water partition coefficient (Wildman–Crippen LogP) is 4.22. The van der Waals surface area contributed by atoms with Gasteiger partial charge in [-0.2, -0.15) is 0 Å². The average molecular weight is 392 g/mol. The second kappa shape index (κ2) is 7.21. The molecule has 2 aromatic rings. The fourth-order valence-electron chi connectivity index (χ4n) is 4.89. The third-order valence-electron chi connectivity index (χ3n) is 7.13. The lowest BCUT2D eigenvalue weighted by molar-refractivity contribution is -0.000148. The molecule has 0 heterocycles. The zero-order valence-corrected chi connectivity index (χ0v) is 17.0. The molecule has 0 aliphatic heterocycles. The monoisotopic (exact) mass is 392 g/mol. The van der Waals surface area contributed by atoms with Gasteiger partial charge in [0.2, 0.25) is 0 Å². The Hall–Kier alpha value is -2.27. The smallest absolute Gasteiger partial charge is 0.170 e. The van der Waals surface area contributed by atoms with Gasteiger partial charge in [-0.05, 0) is 51.6 Å². The quantitative estimate of drug-likeness (QED) is 0.684. The molecule has 7 atom stereocenters. The van der Waals surface area contributed by atoms with Crippen molar-refractivity contribution in [2.24, 2.45) is 17.8 Å². The Labute approximate surface area is 171 Å². The van der Waals surface area contributed by atoms with E-state index in [0.717, 1.165) is 11.1 Å². The predicted molar refractivity (Wildman–Crippen MR) is 112 cm³/mol. The molecule has 0 bridgehead atoms. The van der Waals surface area contributed by atoms with E-state index in [1.165, 1.54) is 0 Å². The van der Waals surface area contributed by atoms with Crippen molar-refractivity contribution < 1.29 is 20.1 Å². The Bertz CT molecular complexity index is 979. The van der Waals surface area contributed by atoms with Crippen LogP contribution in [0, 0.1) is 17.8 Å². The van der Waals surface area contributed by atoms with E-state index in [0.29, 0.717) is 22.3 Å². The number of hydrogen-bond acceptors (Lipinski definition) is 4. The summed E-state index contributed by atoms with van der Waals surface area (Å²) in [6.07, 6.45) is -0.491. The third kappa shape index (κ3) is 2.98. The number of aliphatic hydroxyl groups is 3. The number of ketones is 1. The van der Waals surface area contributed by atoms with E-state index in [9.17, 15) is 20.1 Å². The maximum Gasteiger partial charge on any atom is 0.170 e. The first-order valence-electron chi connectivity index (χ1n) is 10.2. The number of benzene rings is 2. The van der Waals surface area contributed by atoms with E-state index < -0.39 is 18.3 Å². The highest BCUT2D eigenvalue weighted by Crippen LogP contribution is 2.45. The van der Waals surface area contributed by atoms with E-state index in [1.807, 2.05) is 26.8 Å². The highest BCUT2D eigenvalue weighted by Gasteiger charge is 2.37. The lowest BCUT2D eigenvalue weighted by Gasteiger charge is -2.37. The Morgan fingerprint density at radius 1 is 0.897 bits per heavy atom. The molecule has 4 rings (SSSR count). The molecule has 0 radical (unpaired) electrons. The van der Waals surface area contributed by atoms with Crippen molar-refractivity contribution in [2.45, 2.75) is 45.0 Å². The Morgan fingerprint density at radius 2 is 1.45 bits per heavy atom. The SMILES string of the molecule is C=CC1C(=O)c2ccc(C(O)c3ccc4c(c3)C(O)C(C)C(C)C4O)cc2C1C. The largest absolute Gasteiger partial charge is 0.388 e. The van der Waals surface area contributed by atoms with Crippen LogP contribution in [0.3, 0.4) is 0 Å². The number of aliphatic hydroxyl groups excluding tert-OH is 3. The molecule has 2 aliphatic carbocycles. The minimum absolute atomic E-state index is 0.0324. The lowest BCUT2D eigenvalue weighted by Crippen LogP contribution is -2.30. The lowest BCUT2D eigenvalue weighted by atomic mass is 9.73. The maximum absolute atomic E-state index is 12.5. The van der Waals surface area contributed by atoms with Gasteiger partial charge in [0.25, 0.3) is 0 Å². The van der Waals surface area contributed by atoms with Gasteiger partial charge in [0, 0.05) is 11.5 Å². The third-order valence-corrected chi connectivity index (χ3v) is 7.13. The fourth-order valence-corrected chi connectivity index (χ4v) is 4.89. The van der Waals surface area contributed by atoms with Crippen LogP contribution in [0.1, 0.15) is 83.2 Å². The molecule has 7 unspecified atom stereocenters. The maximum atomic E-state index is 12.5. The van der Waals surface area contributed by atoms with Crippen LogP contribution >= 0.6 is 0 Å². The number of carbonyl (C=O) groups is 1. The van der Waals surface area contributed by atoms with Crippen molar-refractivity contribution in [2.75, 3.05) is 0 Å². The topological polar surface area (TPSA) is 77.8 Å². The molecule has 2 aromatic carbocycles. The molecule has 0 saturated heterocycles. The van der Waals surface area contributed by atoms with Gasteiger partial charge in [0.05, 0.1) is 12.2 Å². The van der Waals surface area contributed by atoms with Crippen LogP contribution < -0.4 is 0 Å². The van der Waals surface area contributed by atoms with Crippen molar-refractivity contribution in [3.05, 3.63) is 82.4 Å². The molecule has 0 fully saturated rings. The summed E-state index contributed by atoms with van der Waals surface area (Å²) < 4.78 is 0. The standard InChI is InChI=1S/C25H28O4/c1-5-17-14(4)20-10-15(6-8-18(20)25(17)29)24(28)16-7-9-19-21(11-16)23(27)13(3)12(2)22(19)26/h5-14,17,22-24,26-28H,1H2,2-4H3. The number of fused-ring (bicyclic) bond motifs is 2. The molecule has 3 N–H and O–H groups in total. The van der Waals surface area contributed by atoms with E-state index in [1.54, 1.807) is 36.4 Å². The van der Waals surface area contributed by atoms with Gasteiger partial charge in [-0.15, -0.1) is 6.58 Å². The summed E-state index contributed by atoms with van der Waals surface area (Å²) in [4.78, 5) is 12.5. The molecule has 2 aliphatic rings. The van der Waals surface area contributed by atoms with Crippen LogP contribution in [-0.2, 0) is 0 Å². The highest BCUT2D eigenvalue weighted by atomic mass is 16.3. The summed E-state index contributed by atoms with van der Waals surface area (Å²) in [5.41, 5.74) is 4.41. The van der Waals surface area contributed by atoms with Crippen molar-refractivity contribution in [3.63, 3.8) is 0 Å². The van der Waals surface area contributed by atoms with Crippen molar-refractivity contribution in [3.8, 4) is 0 Å². The summed E-state index contributed by atoms with van der Waals surface area (Å²) in [5, 5.41) is 32.3. The van der Waals surface area contributed by atoms with Crippen molar-refractivity contribution in [1.82, 2.24) is 0 Å². The minimum Gasteiger partial charge on any atom is -0.388 e. The number of carbonyl (C=O) groups excluding carboxylic acids is 1.